The van der Waals surface area contributed by atoms with Gasteiger partial charge in [0.05, 0.1) is 11.3 Å². The molecule has 94 valence electrons. The van der Waals surface area contributed by atoms with Gasteiger partial charge in [0.15, 0.2) is 12.1 Å². The molecule has 0 aromatic carbocycles. The van der Waals surface area contributed by atoms with E-state index in [0.29, 0.717) is 29.4 Å². The number of rotatable bonds is 4. The number of carbonyl (C=O) groups excluding carboxylic acids is 1. The molecule has 6 heteroatoms. The molecule has 0 spiro atoms. The van der Waals surface area contributed by atoms with E-state index in [9.17, 15) is 4.79 Å². The molecule has 0 bridgehead atoms. The Morgan fingerprint density at radius 3 is 2.83 bits per heavy atom. The van der Waals surface area contributed by atoms with E-state index in [1.807, 2.05) is 0 Å². The maximum Gasteiger partial charge on any atom is 0.177 e. The highest BCUT2D eigenvalue weighted by Gasteiger charge is 2.18. The summed E-state index contributed by atoms with van der Waals surface area (Å²) >= 11 is 6.15. The normalized spacial score (nSPS) is 10.9. The first-order valence-corrected chi connectivity index (χ1v) is 6.02. The summed E-state index contributed by atoms with van der Waals surface area (Å²) in [7, 11) is 0. The summed E-state index contributed by atoms with van der Waals surface area (Å²) in [5.74, 6) is 0.894. The largest absolute Gasteiger partial charge is 0.298 e. The zero-order valence-electron chi connectivity index (χ0n) is 10.2. The molecule has 2 aromatic rings. The van der Waals surface area contributed by atoms with Crippen LogP contribution in [0.15, 0.2) is 18.3 Å². The summed E-state index contributed by atoms with van der Waals surface area (Å²) in [5.41, 5.74) is 1.12. The monoisotopic (exact) mass is 264 g/mol. The highest BCUT2D eigenvalue weighted by molar-refractivity contribution is 6.32. The fourth-order valence-corrected chi connectivity index (χ4v) is 1.94. The lowest BCUT2D eigenvalue weighted by atomic mass is 10.1. The third-order valence-electron chi connectivity index (χ3n) is 2.43. The van der Waals surface area contributed by atoms with E-state index in [4.69, 9.17) is 11.6 Å². The van der Waals surface area contributed by atoms with Crippen molar-refractivity contribution in [3.63, 3.8) is 0 Å². The molecule has 0 N–H and O–H groups in total. The molecular formula is C12H13ClN4O. The number of hydrogen-bond donors (Lipinski definition) is 0. The molecule has 0 atom stereocenters. The minimum Gasteiger partial charge on any atom is -0.298 e. The van der Waals surface area contributed by atoms with Crippen LogP contribution >= 0.6 is 11.6 Å². The molecule has 0 aliphatic heterocycles. The van der Waals surface area contributed by atoms with Crippen molar-refractivity contribution >= 4 is 17.9 Å². The second kappa shape index (κ2) is 5.27. The van der Waals surface area contributed by atoms with Gasteiger partial charge in [-0.05, 0) is 24.5 Å². The number of halogens is 1. The standard InChI is InChI=1S/C12H13ClN4O/c1-8(2)6-10-9(7-18)12(13)17(16-10)11-4-3-5-14-15-11/h3-5,7-8H,6H2,1-2H3. The van der Waals surface area contributed by atoms with Crippen LogP contribution in [0.5, 0.6) is 0 Å². The van der Waals surface area contributed by atoms with E-state index in [0.717, 1.165) is 6.29 Å². The molecule has 0 unspecified atom stereocenters. The molecule has 0 aliphatic rings. The maximum absolute atomic E-state index is 11.1. The van der Waals surface area contributed by atoms with E-state index in [1.165, 1.54) is 4.68 Å². The molecular weight excluding hydrogens is 252 g/mol. The molecule has 18 heavy (non-hydrogen) atoms. The van der Waals surface area contributed by atoms with Gasteiger partial charge in [-0.15, -0.1) is 5.10 Å². The molecule has 2 aromatic heterocycles. The first kappa shape index (κ1) is 12.7. The number of aromatic nitrogens is 4. The van der Waals surface area contributed by atoms with Gasteiger partial charge >= 0.3 is 0 Å². The van der Waals surface area contributed by atoms with E-state index in [-0.39, 0.29) is 5.15 Å². The molecule has 0 radical (unpaired) electrons. The average molecular weight is 265 g/mol. The lowest BCUT2D eigenvalue weighted by Gasteiger charge is -2.01. The topological polar surface area (TPSA) is 60.7 Å². The van der Waals surface area contributed by atoms with Gasteiger partial charge in [0.1, 0.15) is 5.15 Å². The zero-order chi connectivity index (χ0) is 13.1. The van der Waals surface area contributed by atoms with Crippen molar-refractivity contribution in [1.29, 1.82) is 0 Å². The van der Waals surface area contributed by atoms with Crippen LogP contribution in [0.1, 0.15) is 29.9 Å². The van der Waals surface area contributed by atoms with Crippen molar-refractivity contribution in [2.75, 3.05) is 0 Å². The van der Waals surface area contributed by atoms with E-state index >= 15 is 0 Å². The first-order chi connectivity index (χ1) is 8.63. The van der Waals surface area contributed by atoms with Crippen molar-refractivity contribution in [1.82, 2.24) is 20.0 Å². The Kier molecular flexibility index (Phi) is 3.72. The van der Waals surface area contributed by atoms with Crippen LogP contribution in [0.25, 0.3) is 5.82 Å². The van der Waals surface area contributed by atoms with Gasteiger partial charge in [-0.1, -0.05) is 25.4 Å². The Labute approximate surface area is 110 Å². The number of carbonyl (C=O) groups is 1. The lowest BCUT2D eigenvalue weighted by Crippen LogP contribution is -2.02. The minimum absolute atomic E-state index is 0.279. The Hall–Kier alpha value is -1.75. The highest BCUT2D eigenvalue weighted by atomic mass is 35.5. The second-order valence-corrected chi connectivity index (χ2v) is 4.72. The average Bonchev–Trinajstić information content (AvgIpc) is 2.66. The second-order valence-electron chi connectivity index (χ2n) is 4.36. The SMILES string of the molecule is CC(C)Cc1nn(-c2cccnn2)c(Cl)c1C=O. The van der Waals surface area contributed by atoms with Crippen molar-refractivity contribution in [2.24, 2.45) is 5.92 Å². The van der Waals surface area contributed by atoms with Crippen molar-refractivity contribution in [3.8, 4) is 5.82 Å². The Bertz CT molecular complexity index is 551. The third-order valence-corrected chi connectivity index (χ3v) is 2.80. The number of nitrogens with zero attached hydrogens (tertiary/aromatic N) is 4. The first-order valence-electron chi connectivity index (χ1n) is 5.64. The predicted molar refractivity (Wildman–Crippen MR) is 68.1 cm³/mol. The van der Waals surface area contributed by atoms with Gasteiger partial charge in [-0.25, -0.2) is 4.68 Å². The van der Waals surface area contributed by atoms with Crippen molar-refractivity contribution < 1.29 is 4.79 Å². The van der Waals surface area contributed by atoms with Gasteiger partial charge in [0.25, 0.3) is 0 Å². The van der Waals surface area contributed by atoms with Gasteiger partial charge in [0.2, 0.25) is 0 Å². The van der Waals surface area contributed by atoms with Crippen LogP contribution in [0, 0.1) is 5.92 Å². The summed E-state index contributed by atoms with van der Waals surface area (Å²) in [6, 6.07) is 3.47. The van der Waals surface area contributed by atoms with Crippen molar-refractivity contribution in [2.45, 2.75) is 20.3 Å². The summed E-state index contributed by atoms with van der Waals surface area (Å²) in [6.45, 7) is 4.12. The summed E-state index contributed by atoms with van der Waals surface area (Å²) in [5, 5.41) is 12.3. The summed E-state index contributed by atoms with van der Waals surface area (Å²) in [4.78, 5) is 11.1. The van der Waals surface area contributed by atoms with Crippen LogP contribution in [-0.4, -0.2) is 26.3 Å². The molecule has 5 nitrogen and oxygen atoms in total. The molecule has 0 saturated carbocycles. The maximum atomic E-state index is 11.1. The third kappa shape index (κ3) is 2.41. The van der Waals surface area contributed by atoms with Crippen LogP contribution in [0.3, 0.4) is 0 Å². The Balaban J connectivity index is 2.50. The minimum atomic E-state index is 0.279. The molecule has 2 heterocycles. The molecule has 0 amide bonds. The zero-order valence-corrected chi connectivity index (χ0v) is 10.9. The van der Waals surface area contributed by atoms with Crippen molar-refractivity contribution in [3.05, 3.63) is 34.7 Å². The molecule has 2 rings (SSSR count). The fourth-order valence-electron chi connectivity index (χ4n) is 1.66. The lowest BCUT2D eigenvalue weighted by molar-refractivity contribution is 0.112. The van der Waals surface area contributed by atoms with Gasteiger partial charge in [-0.2, -0.15) is 10.2 Å². The van der Waals surface area contributed by atoms with Crippen LogP contribution in [-0.2, 0) is 6.42 Å². The number of hydrogen-bond acceptors (Lipinski definition) is 4. The molecule has 0 aliphatic carbocycles. The highest BCUT2D eigenvalue weighted by Crippen LogP contribution is 2.23. The summed E-state index contributed by atoms with van der Waals surface area (Å²) < 4.78 is 1.44. The predicted octanol–water partition coefficient (Wildman–Crippen LogP) is 2.33. The van der Waals surface area contributed by atoms with Crippen LogP contribution in [0.4, 0.5) is 0 Å². The molecule has 0 fully saturated rings. The fraction of sp³-hybridized carbons (Fsp3) is 0.333. The Morgan fingerprint density at radius 1 is 1.50 bits per heavy atom. The van der Waals surface area contributed by atoms with Crippen LogP contribution in [0.2, 0.25) is 5.15 Å². The van der Waals surface area contributed by atoms with Crippen LogP contribution < -0.4 is 0 Å². The molecule has 0 saturated heterocycles. The smallest absolute Gasteiger partial charge is 0.177 e. The summed E-state index contributed by atoms with van der Waals surface area (Å²) in [6.07, 6.45) is 3.00. The van der Waals surface area contributed by atoms with Gasteiger partial charge in [0, 0.05) is 6.20 Å². The van der Waals surface area contributed by atoms with E-state index in [2.05, 4.69) is 29.1 Å². The van der Waals surface area contributed by atoms with E-state index < -0.39 is 0 Å². The quantitative estimate of drug-likeness (QED) is 0.795. The van der Waals surface area contributed by atoms with Gasteiger partial charge in [-0.3, -0.25) is 4.79 Å². The van der Waals surface area contributed by atoms with E-state index in [1.54, 1.807) is 18.3 Å². The number of aldehydes is 1. The van der Waals surface area contributed by atoms with Gasteiger partial charge < -0.3 is 0 Å². The Morgan fingerprint density at radius 2 is 2.28 bits per heavy atom.